The number of carbonyl (C=O) groups is 1. The standard InChI is InChI=1S/C17H23N3OS/c1-13(15-7-5-4-6-8-15)11-18-17(21)20(3)10-9-16-14(2)19-12-22-16/h4-8,12-13H,9-11H2,1-3H3,(H,18,21). The van der Waals surface area contributed by atoms with E-state index in [0.29, 0.717) is 19.0 Å². The molecule has 1 atom stereocenters. The van der Waals surface area contributed by atoms with E-state index < -0.39 is 0 Å². The van der Waals surface area contributed by atoms with Gasteiger partial charge in [-0.05, 0) is 18.4 Å². The van der Waals surface area contributed by atoms with Crippen LogP contribution in [0.3, 0.4) is 0 Å². The summed E-state index contributed by atoms with van der Waals surface area (Å²) in [5.41, 5.74) is 4.16. The third kappa shape index (κ3) is 4.56. The van der Waals surface area contributed by atoms with E-state index in [2.05, 4.69) is 29.4 Å². The molecule has 0 saturated carbocycles. The van der Waals surface area contributed by atoms with Crippen molar-refractivity contribution in [3.63, 3.8) is 0 Å². The number of nitrogens with one attached hydrogen (secondary N) is 1. The fourth-order valence-corrected chi connectivity index (χ4v) is 2.98. The Bertz CT molecular complexity index is 597. The van der Waals surface area contributed by atoms with Crippen LogP contribution < -0.4 is 5.32 Å². The lowest BCUT2D eigenvalue weighted by molar-refractivity contribution is 0.209. The third-order valence-electron chi connectivity index (χ3n) is 3.79. The van der Waals surface area contributed by atoms with Gasteiger partial charge in [0.1, 0.15) is 0 Å². The van der Waals surface area contributed by atoms with Crippen molar-refractivity contribution in [1.82, 2.24) is 15.2 Å². The van der Waals surface area contributed by atoms with Crippen LogP contribution >= 0.6 is 11.3 Å². The summed E-state index contributed by atoms with van der Waals surface area (Å²) >= 11 is 1.65. The second-order valence-corrected chi connectivity index (χ2v) is 6.47. The maximum Gasteiger partial charge on any atom is 0.317 e. The molecule has 0 radical (unpaired) electrons. The molecular weight excluding hydrogens is 294 g/mol. The zero-order valence-electron chi connectivity index (χ0n) is 13.4. The molecular formula is C17H23N3OS. The van der Waals surface area contributed by atoms with Crippen LogP contribution in [0.25, 0.3) is 0 Å². The first-order chi connectivity index (χ1) is 10.6. The van der Waals surface area contributed by atoms with E-state index in [1.165, 1.54) is 10.4 Å². The van der Waals surface area contributed by atoms with Crippen molar-refractivity contribution in [2.75, 3.05) is 20.1 Å². The lowest BCUT2D eigenvalue weighted by atomic mass is 10.0. The Morgan fingerprint density at radius 1 is 1.36 bits per heavy atom. The second kappa shape index (κ2) is 7.94. The molecule has 118 valence electrons. The van der Waals surface area contributed by atoms with Crippen molar-refractivity contribution in [3.8, 4) is 0 Å². The Balaban J connectivity index is 1.75. The molecule has 1 aromatic carbocycles. The molecule has 5 heteroatoms. The maximum absolute atomic E-state index is 12.1. The van der Waals surface area contributed by atoms with Gasteiger partial charge in [0, 0.05) is 31.4 Å². The Morgan fingerprint density at radius 3 is 2.73 bits per heavy atom. The van der Waals surface area contributed by atoms with Crippen molar-refractivity contribution < 1.29 is 4.79 Å². The predicted molar refractivity (Wildman–Crippen MR) is 91.4 cm³/mol. The summed E-state index contributed by atoms with van der Waals surface area (Å²) in [6.45, 7) is 5.48. The van der Waals surface area contributed by atoms with E-state index >= 15 is 0 Å². The van der Waals surface area contributed by atoms with Gasteiger partial charge in [0.25, 0.3) is 0 Å². The molecule has 2 amide bonds. The maximum atomic E-state index is 12.1. The average Bonchev–Trinajstić information content (AvgIpc) is 2.95. The third-order valence-corrected chi connectivity index (χ3v) is 4.79. The topological polar surface area (TPSA) is 45.2 Å². The first-order valence-electron chi connectivity index (χ1n) is 7.50. The van der Waals surface area contributed by atoms with Gasteiger partial charge >= 0.3 is 6.03 Å². The van der Waals surface area contributed by atoms with Gasteiger partial charge in [0.2, 0.25) is 0 Å². The van der Waals surface area contributed by atoms with Gasteiger partial charge in [-0.3, -0.25) is 0 Å². The summed E-state index contributed by atoms with van der Waals surface area (Å²) in [6.07, 6.45) is 0.856. The van der Waals surface area contributed by atoms with E-state index in [0.717, 1.165) is 12.1 Å². The lowest BCUT2D eigenvalue weighted by Crippen LogP contribution is -2.39. The van der Waals surface area contributed by atoms with Crippen molar-refractivity contribution in [3.05, 3.63) is 52.0 Å². The smallest absolute Gasteiger partial charge is 0.317 e. The zero-order valence-corrected chi connectivity index (χ0v) is 14.2. The lowest BCUT2D eigenvalue weighted by Gasteiger charge is -2.20. The largest absolute Gasteiger partial charge is 0.337 e. The quantitative estimate of drug-likeness (QED) is 0.887. The number of benzene rings is 1. The molecule has 1 aromatic heterocycles. The number of carbonyl (C=O) groups excluding carboxylic acids is 1. The van der Waals surface area contributed by atoms with Gasteiger partial charge in [-0.25, -0.2) is 9.78 Å². The van der Waals surface area contributed by atoms with Crippen LogP contribution in [0, 0.1) is 6.92 Å². The summed E-state index contributed by atoms with van der Waals surface area (Å²) < 4.78 is 0. The second-order valence-electron chi connectivity index (χ2n) is 5.53. The van der Waals surface area contributed by atoms with Crippen LogP contribution in [0.15, 0.2) is 35.8 Å². The first kappa shape index (κ1) is 16.5. The summed E-state index contributed by atoms with van der Waals surface area (Å²) in [4.78, 5) is 19.3. The van der Waals surface area contributed by atoms with Gasteiger partial charge in [-0.15, -0.1) is 11.3 Å². The molecule has 0 saturated heterocycles. The molecule has 0 spiro atoms. The summed E-state index contributed by atoms with van der Waals surface area (Å²) in [6, 6.07) is 10.2. The highest BCUT2D eigenvalue weighted by Gasteiger charge is 2.12. The molecule has 0 fully saturated rings. The number of aryl methyl sites for hydroxylation is 1. The van der Waals surface area contributed by atoms with Crippen LogP contribution in [-0.2, 0) is 6.42 Å². The van der Waals surface area contributed by atoms with Crippen LogP contribution in [0.5, 0.6) is 0 Å². The zero-order chi connectivity index (χ0) is 15.9. The molecule has 2 aromatic rings. The van der Waals surface area contributed by atoms with Crippen molar-refractivity contribution >= 4 is 17.4 Å². The fraction of sp³-hybridized carbons (Fsp3) is 0.412. The van der Waals surface area contributed by atoms with Crippen LogP contribution in [0.4, 0.5) is 4.79 Å². The summed E-state index contributed by atoms with van der Waals surface area (Å²) in [5, 5.41) is 3.00. The molecule has 1 unspecified atom stereocenters. The van der Waals surface area contributed by atoms with Gasteiger partial charge < -0.3 is 10.2 Å². The van der Waals surface area contributed by atoms with Gasteiger partial charge in [0.15, 0.2) is 0 Å². The minimum absolute atomic E-state index is 0.0232. The number of urea groups is 1. The molecule has 1 N–H and O–H groups in total. The summed E-state index contributed by atoms with van der Waals surface area (Å²) in [7, 11) is 1.83. The first-order valence-corrected chi connectivity index (χ1v) is 8.38. The molecule has 0 aliphatic heterocycles. The van der Waals surface area contributed by atoms with Crippen LogP contribution in [0.2, 0.25) is 0 Å². The summed E-state index contributed by atoms with van der Waals surface area (Å²) in [5.74, 6) is 0.308. The minimum Gasteiger partial charge on any atom is -0.337 e. The number of amides is 2. The number of rotatable bonds is 6. The van der Waals surface area contributed by atoms with Gasteiger partial charge in [-0.2, -0.15) is 0 Å². The molecule has 0 bridgehead atoms. The van der Waals surface area contributed by atoms with Gasteiger partial charge in [-0.1, -0.05) is 37.3 Å². The van der Waals surface area contributed by atoms with E-state index in [1.807, 2.05) is 37.7 Å². The predicted octanol–water partition coefficient (Wildman–Crippen LogP) is 3.44. The van der Waals surface area contributed by atoms with Crippen molar-refractivity contribution in [1.29, 1.82) is 0 Å². The fourth-order valence-electron chi connectivity index (χ4n) is 2.21. The van der Waals surface area contributed by atoms with E-state index in [1.54, 1.807) is 16.2 Å². The monoisotopic (exact) mass is 317 g/mol. The highest BCUT2D eigenvalue weighted by Crippen LogP contribution is 2.14. The molecule has 22 heavy (non-hydrogen) atoms. The number of aromatic nitrogens is 1. The molecule has 1 heterocycles. The number of hydrogen-bond donors (Lipinski definition) is 1. The van der Waals surface area contributed by atoms with E-state index in [9.17, 15) is 4.79 Å². The Morgan fingerprint density at radius 2 is 2.09 bits per heavy atom. The SMILES string of the molecule is Cc1ncsc1CCN(C)C(=O)NCC(C)c1ccccc1. The molecule has 0 aliphatic carbocycles. The normalized spacial score (nSPS) is 12.0. The Labute approximate surface area is 136 Å². The van der Waals surface area contributed by atoms with E-state index in [-0.39, 0.29) is 6.03 Å². The highest BCUT2D eigenvalue weighted by molar-refractivity contribution is 7.09. The average molecular weight is 317 g/mol. The van der Waals surface area contributed by atoms with Crippen LogP contribution in [0.1, 0.15) is 29.0 Å². The molecule has 2 rings (SSSR count). The molecule has 4 nitrogen and oxygen atoms in total. The minimum atomic E-state index is -0.0232. The number of thiazole rings is 1. The molecule has 0 aliphatic rings. The highest BCUT2D eigenvalue weighted by atomic mass is 32.1. The van der Waals surface area contributed by atoms with Crippen molar-refractivity contribution in [2.45, 2.75) is 26.2 Å². The van der Waals surface area contributed by atoms with E-state index in [4.69, 9.17) is 0 Å². The number of nitrogens with zero attached hydrogens (tertiary/aromatic N) is 2. The van der Waals surface area contributed by atoms with Crippen LogP contribution in [-0.4, -0.2) is 36.1 Å². The van der Waals surface area contributed by atoms with Crippen molar-refractivity contribution in [2.24, 2.45) is 0 Å². The number of likely N-dealkylation sites (N-methyl/N-ethyl adjacent to an activating group) is 1. The number of hydrogen-bond acceptors (Lipinski definition) is 3. The van der Waals surface area contributed by atoms with Gasteiger partial charge in [0.05, 0.1) is 11.2 Å². The Hall–Kier alpha value is -1.88. The Kier molecular flexibility index (Phi) is 5.95.